The summed E-state index contributed by atoms with van der Waals surface area (Å²) in [6.07, 6.45) is 4.30. The SMILES string of the molecule is O=c1[nH]/c(=C\c2ccc(O)cn2)c(=O)[nH]/c1=C\c1ccccc1. The number of aromatic nitrogens is 3. The van der Waals surface area contributed by atoms with E-state index in [0.717, 1.165) is 5.56 Å². The van der Waals surface area contributed by atoms with Crippen molar-refractivity contribution in [1.82, 2.24) is 15.0 Å². The standard InChI is InChI=1S/C17H13N3O3/c21-13-7-6-12(18-10-13)9-15-17(23)19-14(16(22)20-15)8-11-4-2-1-3-5-11/h1-10,21H,(H,19,23)(H,20,22)/b14-8-,15-9-. The van der Waals surface area contributed by atoms with Gasteiger partial charge in [-0.1, -0.05) is 30.3 Å². The molecule has 0 atom stereocenters. The van der Waals surface area contributed by atoms with E-state index in [4.69, 9.17) is 0 Å². The Morgan fingerprint density at radius 2 is 1.52 bits per heavy atom. The fraction of sp³-hybridized carbons (Fsp3) is 0. The van der Waals surface area contributed by atoms with Gasteiger partial charge in [0.2, 0.25) is 0 Å². The minimum atomic E-state index is -0.429. The van der Waals surface area contributed by atoms with Gasteiger partial charge < -0.3 is 15.1 Å². The van der Waals surface area contributed by atoms with Crippen LogP contribution in [0.25, 0.3) is 12.2 Å². The van der Waals surface area contributed by atoms with E-state index in [-0.39, 0.29) is 16.4 Å². The molecule has 0 fully saturated rings. The first-order chi connectivity index (χ1) is 11.1. The molecule has 0 aliphatic rings. The van der Waals surface area contributed by atoms with E-state index in [1.807, 2.05) is 30.3 Å². The minimum absolute atomic E-state index is 0.0253. The van der Waals surface area contributed by atoms with Crippen LogP contribution < -0.4 is 21.8 Å². The van der Waals surface area contributed by atoms with Crippen LogP contribution in [0.4, 0.5) is 0 Å². The number of rotatable bonds is 2. The molecule has 0 radical (unpaired) electrons. The lowest BCUT2D eigenvalue weighted by Crippen LogP contribution is -2.46. The van der Waals surface area contributed by atoms with Crippen molar-refractivity contribution in [1.29, 1.82) is 0 Å². The van der Waals surface area contributed by atoms with Gasteiger partial charge in [-0.25, -0.2) is 0 Å². The Labute approximate surface area is 130 Å². The number of hydrogen-bond donors (Lipinski definition) is 3. The summed E-state index contributed by atoms with van der Waals surface area (Å²) in [6, 6.07) is 12.2. The Hall–Kier alpha value is -3.41. The van der Waals surface area contributed by atoms with E-state index in [0.29, 0.717) is 5.69 Å². The highest BCUT2D eigenvalue weighted by atomic mass is 16.3. The van der Waals surface area contributed by atoms with Gasteiger partial charge in [-0.15, -0.1) is 0 Å². The smallest absolute Gasteiger partial charge is 0.272 e. The summed E-state index contributed by atoms with van der Waals surface area (Å²) in [5.41, 5.74) is 0.425. The molecule has 3 N–H and O–H groups in total. The number of nitrogens with zero attached hydrogens (tertiary/aromatic N) is 1. The molecule has 114 valence electrons. The number of aromatic amines is 2. The molecule has 1 aromatic carbocycles. The van der Waals surface area contributed by atoms with Crippen LogP contribution in [0.3, 0.4) is 0 Å². The van der Waals surface area contributed by atoms with Crippen LogP contribution >= 0.6 is 0 Å². The summed E-state index contributed by atoms with van der Waals surface area (Å²) < 4.78 is 0. The molecule has 0 unspecified atom stereocenters. The zero-order valence-corrected chi connectivity index (χ0v) is 12.0. The second-order valence-corrected chi connectivity index (χ2v) is 4.88. The number of hydrogen-bond acceptors (Lipinski definition) is 4. The molecule has 3 rings (SSSR count). The molecule has 23 heavy (non-hydrogen) atoms. The maximum absolute atomic E-state index is 12.1. The lowest BCUT2D eigenvalue weighted by molar-refractivity contribution is 0.472. The second kappa shape index (κ2) is 6.15. The third-order valence-corrected chi connectivity index (χ3v) is 3.16. The third kappa shape index (κ3) is 3.44. The Morgan fingerprint density at radius 1 is 0.870 bits per heavy atom. The fourth-order valence-electron chi connectivity index (χ4n) is 2.04. The van der Waals surface area contributed by atoms with E-state index in [2.05, 4.69) is 15.0 Å². The highest BCUT2D eigenvalue weighted by Crippen LogP contribution is 2.05. The van der Waals surface area contributed by atoms with Gasteiger partial charge in [0.05, 0.1) is 11.9 Å². The number of H-pyrrole nitrogens is 2. The minimum Gasteiger partial charge on any atom is -0.506 e. The summed E-state index contributed by atoms with van der Waals surface area (Å²) >= 11 is 0. The molecule has 0 bridgehead atoms. The molecule has 0 aliphatic heterocycles. The van der Waals surface area contributed by atoms with Gasteiger partial charge in [0, 0.05) is 0 Å². The van der Waals surface area contributed by atoms with Gasteiger partial charge in [-0.05, 0) is 29.8 Å². The molecular formula is C17H13N3O3. The summed E-state index contributed by atoms with van der Waals surface area (Å²) in [5.74, 6) is 0.0253. The van der Waals surface area contributed by atoms with E-state index in [1.54, 1.807) is 6.08 Å². The van der Waals surface area contributed by atoms with E-state index >= 15 is 0 Å². The van der Waals surface area contributed by atoms with Crippen LogP contribution in [0, 0.1) is 0 Å². The second-order valence-electron chi connectivity index (χ2n) is 4.88. The quantitative estimate of drug-likeness (QED) is 0.611. The maximum Gasteiger partial charge on any atom is 0.272 e. The molecule has 2 heterocycles. The van der Waals surface area contributed by atoms with Crippen molar-refractivity contribution < 1.29 is 5.11 Å². The first kappa shape index (κ1) is 14.5. The fourth-order valence-corrected chi connectivity index (χ4v) is 2.04. The van der Waals surface area contributed by atoms with E-state index in [9.17, 15) is 14.7 Å². The van der Waals surface area contributed by atoms with Crippen molar-refractivity contribution in [2.45, 2.75) is 0 Å². The van der Waals surface area contributed by atoms with E-state index < -0.39 is 11.1 Å². The molecule has 0 saturated carbocycles. The summed E-state index contributed by atoms with van der Waals surface area (Å²) in [6.45, 7) is 0. The average molecular weight is 307 g/mol. The Bertz CT molecular complexity index is 1050. The maximum atomic E-state index is 12.1. The molecule has 0 saturated heterocycles. The van der Waals surface area contributed by atoms with Crippen molar-refractivity contribution in [2.75, 3.05) is 0 Å². The van der Waals surface area contributed by atoms with Gasteiger partial charge in [-0.2, -0.15) is 0 Å². The molecule has 2 aromatic heterocycles. The van der Waals surface area contributed by atoms with E-state index in [1.165, 1.54) is 24.4 Å². The Balaban J connectivity index is 2.12. The largest absolute Gasteiger partial charge is 0.506 e. The number of nitrogens with one attached hydrogen (secondary N) is 2. The van der Waals surface area contributed by atoms with Gasteiger partial charge in [0.25, 0.3) is 11.1 Å². The van der Waals surface area contributed by atoms with Crippen LogP contribution in [-0.4, -0.2) is 20.1 Å². The first-order valence-corrected chi connectivity index (χ1v) is 6.88. The summed E-state index contributed by atoms with van der Waals surface area (Å²) in [4.78, 5) is 33.2. The first-order valence-electron chi connectivity index (χ1n) is 6.88. The topological polar surface area (TPSA) is 98.8 Å². The molecule has 0 spiro atoms. The molecule has 0 aliphatic carbocycles. The average Bonchev–Trinajstić information content (AvgIpc) is 2.55. The Morgan fingerprint density at radius 3 is 2.13 bits per heavy atom. The van der Waals surface area contributed by atoms with Gasteiger partial charge in [0.15, 0.2) is 0 Å². The molecular weight excluding hydrogens is 294 g/mol. The number of benzene rings is 1. The molecule has 3 aromatic rings. The summed E-state index contributed by atoms with van der Waals surface area (Å²) in [5, 5.41) is 9.47. The van der Waals surface area contributed by atoms with Crippen molar-refractivity contribution in [3.8, 4) is 5.75 Å². The third-order valence-electron chi connectivity index (χ3n) is 3.16. The van der Waals surface area contributed by atoms with Crippen LogP contribution in [0.1, 0.15) is 11.3 Å². The number of aromatic hydroxyl groups is 1. The van der Waals surface area contributed by atoms with Crippen LogP contribution in [0.5, 0.6) is 5.75 Å². The van der Waals surface area contributed by atoms with Crippen LogP contribution in [-0.2, 0) is 0 Å². The number of pyridine rings is 1. The van der Waals surface area contributed by atoms with Gasteiger partial charge >= 0.3 is 0 Å². The van der Waals surface area contributed by atoms with Crippen LogP contribution in [0.2, 0.25) is 0 Å². The molecule has 6 nitrogen and oxygen atoms in total. The monoisotopic (exact) mass is 307 g/mol. The zero-order valence-electron chi connectivity index (χ0n) is 12.0. The Kier molecular flexibility index (Phi) is 3.88. The lowest BCUT2D eigenvalue weighted by atomic mass is 10.2. The predicted octanol–water partition coefficient (Wildman–Crippen LogP) is -0.179. The predicted molar refractivity (Wildman–Crippen MR) is 86.4 cm³/mol. The van der Waals surface area contributed by atoms with Crippen molar-refractivity contribution in [3.05, 3.63) is 91.3 Å². The van der Waals surface area contributed by atoms with Crippen molar-refractivity contribution in [3.63, 3.8) is 0 Å². The van der Waals surface area contributed by atoms with Crippen LogP contribution in [0.15, 0.2) is 58.3 Å². The normalized spacial score (nSPS) is 12.5. The van der Waals surface area contributed by atoms with Crippen molar-refractivity contribution in [2.24, 2.45) is 0 Å². The highest BCUT2D eigenvalue weighted by molar-refractivity contribution is 5.47. The molecule has 6 heteroatoms. The van der Waals surface area contributed by atoms with Gasteiger partial charge in [-0.3, -0.25) is 14.6 Å². The van der Waals surface area contributed by atoms with Crippen molar-refractivity contribution >= 4 is 12.2 Å². The van der Waals surface area contributed by atoms with Gasteiger partial charge in [0.1, 0.15) is 16.4 Å². The summed E-state index contributed by atoms with van der Waals surface area (Å²) in [7, 11) is 0. The molecule has 0 amide bonds. The highest BCUT2D eigenvalue weighted by Gasteiger charge is 1.97. The lowest BCUT2D eigenvalue weighted by Gasteiger charge is -1.94. The zero-order chi connectivity index (χ0) is 16.2.